The summed E-state index contributed by atoms with van der Waals surface area (Å²) in [5.41, 5.74) is 8.66. The molecule has 1 unspecified atom stereocenters. The van der Waals surface area contributed by atoms with Crippen LogP contribution in [0.1, 0.15) is 24.0 Å². The highest BCUT2D eigenvalue weighted by Gasteiger charge is 2.12. The Labute approximate surface area is 122 Å². The second-order valence-electron chi connectivity index (χ2n) is 4.63. The Morgan fingerprint density at radius 3 is 2.45 bits per heavy atom. The number of aliphatic carboxylic acids is 1. The van der Waals surface area contributed by atoms with Crippen molar-refractivity contribution in [2.45, 2.75) is 23.5 Å². The van der Waals surface area contributed by atoms with E-state index in [0.717, 1.165) is 27.5 Å². The van der Waals surface area contributed by atoms with Gasteiger partial charge in [0.2, 0.25) is 0 Å². The molecule has 0 aliphatic rings. The van der Waals surface area contributed by atoms with E-state index >= 15 is 0 Å². The summed E-state index contributed by atoms with van der Waals surface area (Å²) in [6.45, 7) is 1.69. The van der Waals surface area contributed by atoms with Gasteiger partial charge in [0.05, 0.1) is 5.92 Å². The molecule has 0 aliphatic carbocycles. The first-order valence-corrected chi connectivity index (χ1v) is 7.35. The summed E-state index contributed by atoms with van der Waals surface area (Å²) in [7, 11) is 0. The molecule has 0 fully saturated rings. The number of carbonyl (C=O) groups is 1. The van der Waals surface area contributed by atoms with E-state index in [-0.39, 0.29) is 0 Å². The number of nitrogens with two attached hydrogens (primary N) is 1. The third-order valence-electron chi connectivity index (χ3n) is 3.16. The average molecular weight is 287 g/mol. The third-order valence-corrected chi connectivity index (χ3v) is 4.32. The molecule has 20 heavy (non-hydrogen) atoms. The number of rotatable bonds is 5. The number of hydrogen-bond acceptors (Lipinski definition) is 3. The van der Waals surface area contributed by atoms with Gasteiger partial charge >= 0.3 is 5.97 Å². The Kier molecular flexibility index (Phi) is 4.69. The maximum absolute atomic E-state index is 10.9. The van der Waals surface area contributed by atoms with Crippen molar-refractivity contribution in [3.8, 4) is 0 Å². The lowest BCUT2D eigenvalue weighted by molar-refractivity contribution is -0.138. The molecule has 3 N–H and O–H groups in total. The lowest BCUT2D eigenvalue weighted by atomic mass is 10.0. The van der Waals surface area contributed by atoms with Gasteiger partial charge in [0.15, 0.2) is 0 Å². The molecular formula is C16H17NO2S. The minimum atomic E-state index is -0.802. The van der Waals surface area contributed by atoms with Gasteiger partial charge < -0.3 is 10.8 Å². The molecule has 2 aromatic rings. The highest BCUT2D eigenvalue weighted by atomic mass is 32.2. The van der Waals surface area contributed by atoms with Crippen LogP contribution in [0.2, 0.25) is 0 Å². The minimum absolute atomic E-state index is 0.471. The largest absolute Gasteiger partial charge is 0.481 e. The number of anilines is 1. The smallest absolute Gasteiger partial charge is 0.310 e. The fourth-order valence-electron chi connectivity index (χ4n) is 1.82. The minimum Gasteiger partial charge on any atom is -0.481 e. The first kappa shape index (κ1) is 14.5. The van der Waals surface area contributed by atoms with Crippen molar-refractivity contribution >= 4 is 23.4 Å². The molecule has 0 bridgehead atoms. The number of nitrogen functional groups attached to an aromatic ring is 1. The molecule has 0 amide bonds. The molecule has 104 valence electrons. The lowest BCUT2D eigenvalue weighted by Gasteiger charge is -2.08. The van der Waals surface area contributed by atoms with Crippen molar-refractivity contribution in [1.82, 2.24) is 0 Å². The standard InChI is InChI=1S/C16H17NO2S/c1-11(16(18)19)13-8-6-12(7-9-13)10-20-15-5-3-2-4-14(15)17/h2-9,11H,10,17H2,1H3,(H,18,19). The van der Waals surface area contributed by atoms with E-state index in [0.29, 0.717) is 0 Å². The van der Waals surface area contributed by atoms with Gasteiger partial charge in [-0.25, -0.2) is 0 Å². The van der Waals surface area contributed by atoms with Crippen molar-refractivity contribution in [2.75, 3.05) is 5.73 Å². The number of thioether (sulfide) groups is 1. The van der Waals surface area contributed by atoms with Crippen LogP contribution < -0.4 is 5.73 Å². The van der Waals surface area contributed by atoms with E-state index < -0.39 is 11.9 Å². The van der Waals surface area contributed by atoms with Crippen LogP contribution in [0.3, 0.4) is 0 Å². The zero-order valence-electron chi connectivity index (χ0n) is 11.2. The molecule has 0 spiro atoms. The monoisotopic (exact) mass is 287 g/mol. The average Bonchev–Trinajstić information content (AvgIpc) is 2.46. The van der Waals surface area contributed by atoms with Gasteiger partial charge in [0.25, 0.3) is 0 Å². The van der Waals surface area contributed by atoms with Crippen LogP contribution in [0.15, 0.2) is 53.4 Å². The second-order valence-corrected chi connectivity index (χ2v) is 5.65. The number of para-hydroxylation sites is 1. The molecule has 2 rings (SSSR count). The van der Waals surface area contributed by atoms with Crippen molar-refractivity contribution < 1.29 is 9.90 Å². The molecule has 0 aliphatic heterocycles. The fourth-order valence-corrected chi connectivity index (χ4v) is 2.74. The van der Waals surface area contributed by atoms with Crippen molar-refractivity contribution in [3.05, 3.63) is 59.7 Å². The van der Waals surface area contributed by atoms with E-state index in [1.54, 1.807) is 18.7 Å². The van der Waals surface area contributed by atoms with E-state index in [4.69, 9.17) is 10.8 Å². The SMILES string of the molecule is CC(C(=O)O)c1ccc(CSc2ccccc2N)cc1. The van der Waals surface area contributed by atoms with Gasteiger partial charge in [-0.15, -0.1) is 11.8 Å². The maximum Gasteiger partial charge on any atom is 0.310 e. The van der Waals surface area contributed by atoms with Gasteiger partial charge in [-0.3, -0.25) is 4.79 Å². The van der Waals surface area contributed by atoms with Crippen LogP contribution in [0, 0.1) is 0 Å². The number of carboxylic acid groups (broad SMARTS) is 1. The zero-order chi connectivity index (χ0) is 14.5. The van der Waals surface area contributed by atoms with Crippen LogP contribution in [0.25, 0.3) is 0 Å². The van der Waals surface area contributed by atoms with Gasteiger partial charge in [-0.2, -0.15) is 0 Å². The van der Waals surface area contributed by atoms with Crippen molar-refractivity contribution in [1.29, 1.82) is 0 Å². The van der Waals surface area contributed by atoms with E-state index in [1.807, 2.05) is 48.5 Å². The van der Waals surface area contributed by atoms with Crippen LogP contribution in [0.4, 0.5) is 5.69 Å². The molecule has 3 nitrogen and oxygen atoms in total. The Morgan fingerprint density at radius 2 is 1.85 bits per heavy atom. The topological polar surface area (TPSA) is 63.3 Å². The molecule has 0 aromatic heterocycles. The lowest BCUT2D eigenvalue weighted by Crippen LogP contribution is -2.07. The molecule has 1 atom stereocenters. The summed E-state index contributed by atoms with van der Waals surface area (Å²) in [5.74, 6) is -0.457. The first-order valence-electron chi connectivity index (χ1n) is 6.37. The molecule has 0 radical (unpaired) electrons. The summed E-state index contributed by atoms with van der Waals surface area (Å²) >= 11 is 1.68. The molecule has 4 heteroatoms. The van der Waals surface area contributed by atoms with Crippen LogP contribution in [-0.4, -0.2) is 11.1 Å². The summed E-state index contributed by atoms with van der Waals surface area (Å²) < 4.78 is 0. The molecule has 0 heterocycles. The quantitative estimate of drug-likeness (QED) is 0.649. The van der Waals surface area contributed by atoms with E-state index in [2.05, 4.69) is 0 Å². The molecule has 2 aromatic carbocycles. The second kappa shape index (κ2) is 6.48. The van der Waals surface area contributed by atoms with Crippen LogP contribution >= 0.6 is 11.8 Å². The van der Waals surface area contributed by atoms with Gasteiger partial charge in [-0.1, -0.05) is 36.4 Å². The fraction of sp³-hybridized carbons (Fsp3) is 0.188. The zero-order valence-corrected chi connectivity index (χ0v) is 12.1. The van der Waals surface area contributed by atoms with Gasteiger partial charge in [0.1, 0.15) is 0 Å². The van der Waals surface area contributed by atoms with Gasteiger partial charge in [0, 0.05) is 16.3 Å². The Hall–Kier alpha value is -1.94. The number of benzene rings is 2. The van der Waals surface area contributed by atoms with Crippen LogP contribution in [0.5, 0.6) is 0 Å². The predicted molar refractivity (Wildman–Crippen MR) is 82.9 cm³/mol. The summed E-state index contributed by atoms with van der Waals surface area (Å²) in [4.78, 5) is 12.0. The Bertz CT molecular complexity index is 596. The third kappa shape index (κ3) is 3.54. The van der Waals surface area contributed by atoms with Gasteiger partial charge in [-0.05, 0) is 30.2 Å². The van der Waals surface area contributed by atoms with E-state index in [9.17, 15) is 4.79 Å². The molecule has 0 saturated heterocycles. The number of hydrogen-bond donors (Lipinski definition) is 2. The van der Waals surface area contributed by atoms with E-state index in [1.165, 1.54) is 0 Å². The number of carboxylic acids is 1. The molecular weight excluding hydrogens is 270 g/mol. The summed E-state index contributed by atoms with van der Waals surface area (Å²) in [6.07, 6.45) is 0. The van der Waals surface area contributed by atoms with Crippen molar-refractivity contribution in [3.63, 3.8) is 0 Å². The summed E-state index contributed by atoms with van der Waals surface area (Å²) in [5, 5.41) is 8.97. The Balaban J connectivity index is 2.01. The van der Waals surface area contributed by atoms with Crippen LogP contribution in [-0.2, 0) is 10.5 Å². The first-order chi connectivity index (χ1) is 9.58. The van der Waals surface area contributed by atoms with Crippen molar-refractivity contribution in [2.24, 2.45) is 0 Å². The highest BCUT2D eigenvalue weighted by Crippen LogP contribution is 2.28. The summed E-state index contributed by atoms with van der Waals surface area (Å²) in [6, 6.07) is 15.5. The predicted octanol–water partition coefficient (Wildman–Crippen LogP) is 3.75. The molecule has 0 saturated carbocycles. The normalized spacial score (nSPS) is 12.1. The Morgan fingerprint density at radius 1 is 1.20 bits per heavy atom. The highest BCUT2D eigenvalue weighted by molar-refractivity contribution is 7.98. The maximum atomic E-state index is 10.9.